The van der Waals surface area contributed by atoms with Crippen molar-refractivity contribution in [2.24, 2.45) is 0 Å². The second kappa shape index (κ2) is 9.36. The van der Waals surface area contributed by atoms with Gasteiger partial charge in [0.1, 0.15) is 23.5 Å². The second-order valence-electron chi connectivity index (χ2n) is 8.06. The quantitative estimate of drug-likeness (QED) is 0.349. The van der Waals surface area contributed by atoms with E-state index < -0.39 is 30.0 Å². The molecule has 1 heterocycles. The Kier molecular flexibility index (Phi) is 6.47. The summed E-state index contributed by atoms with van der Waals surface area (Å²) in [7, 11) is 0. The molecule has 182 valence electrons. The molecule has 0 radical (unpaired) electrons. The van der Waals surface area contributed by atoms with Crippen molar-refractivity contribution >= 4 is 16.8 Å². The Bertz CT molecular complexity index is 1370. The molecule has 0 saturated heterocycles. The average Bonchev–Trinajstić information content (AvgIpc) is 3.22. The van der Waals surface area contributed by atoms with Crippen molar-refractivity contribution in [3.8, 4) is 11.4 Å². The summed E-state index contributed by atoms with van der Waals surface area (Å²) in [6.07, 6.45) is -4.65. The van der Waals surface area contributed by atoms with Crippen molar-refractivity contribution in [1.82, 2.24) is 15.1 Å². The van der Waals surface area contributed by atoms with Crippen molar-refractivity contribution in [3.63, 3.8) is 0 Å². The minimum absolute atomic E-state index is 0.255. The zero-order valence-corrected chi connectivity index (χ0v) is 18.6. The predicted molar refractivity (Wildman–Crippen MR) is 119 cm³/mol. The van der Waals surface area contributed by atoms with E-state index in [2.05, 4.69) is 5.10 Å². The van der Waals surface area contributed by atoms with E-state index in [9.17, 15) is 26.7 Å². The van der Waals surface area contributed by atoms with Crippen LogP contribution in [0, 0.1) is 18.6 Å². The number of hydrogen-bond acceptors (Lipinski definition) is 3. The van der Waals surface area contributed by atoms with Gasteiger partial charge in [0.05, 0.1) is 23.4 Å². The molecule has 0 aliphatic heterocycles. The van der Waals surface area contributed by atoms with Crippen LogP contribution in [0.5, 0.6) is 5.75 Å². The fourth-order valence-electron chi connectivity index (χ4n) is 3.63. The number of aryl methyl sites for hydroxylation is 1. The van der Waals surface area contributed by atoms with E-state index in [-0.39, 0.29) is 17.1 Å². The summed E-state index contributed by atoms with van der Waals surface area (Å²) in [5, 5.41) is 6.83. The van der Waals surface area contributed by atoms with Gasteiger partial charge in [-0.25, -0.2) is 13.5 Å². The molecule has 2 unspecified atom stereocenters. The first-order valence-electron chi connectivity index (χ1n) is 10.6. The van der Waals surface area contributed by atoms with E-state index in [0.29, 0.717) is 22.2 Å². The lowest BCUT2D eigenvalue weighted by Crippen LogP contribution is -2.45. The molecule has 2 atom stereocenters. The van der Waals surface area contributed by atoms with Crippen LogP contribution in [-0.2, 0) is 4.79 Å². The van der Waals surface area contributed by atoms with Gasteiger partial charge in [-0.15, -0.1) is 0 Å². The standard InChI is InChI=1S/C25H20F5N3O2/c1-14-3-4-16(12-21(14)27)23(15(2)32-24(34)25(28,29)30)35-20-9-10-22-17(11-20)13-31-33(22)19-7-5-18(26)6-8-19/h3-13,15,23H,1-2H3,(H,32,34). The molecular formula is C25H20F5N3O2. The van der Waals surface area contributed by atoms with E-state index in [4.69, 9.17) is 4.74 Å². The molecule has 0 fully saturated rings. The summed E-state index contributed by atoms with van der Waals surface area (Å²) < 4.78 is 73.5. The first-order chi connectivity index (χ1) is 16.5. The van der Waals surface area contributed by atoms with Gasteiger partial charge in [0.15, 0.2) is 0 Å². The maximum absolute atomic E-state index is 14.2. The molecule has 0 spiro atoms. The van der Waals surface area contributed by atoms with Crippen LogP contribution in [0.15, 0.2) is 66.9 Å². The Balaban J connectivity index is 1.66. The van der Waals surface area contributed by atoms with Crippen molar-refractivity contribution in [1.29, 1.82) is 0 Å². The van der Waals surface area contributed by atoms with Gasteiger partial charge in [0.25, 0.3) is 0 Å². The number of amides is 1. The summed E-state index contributed by atoms with van der Waals surface area (Å²) >= 11 is 0. The normalized spacial score (nSPS) is 13.5. The van der Waals surface area contributed by atoms with Gasteiger partial charge in [0, 0.05) is 5.39 Å². The number of carbonyl (C=O) groups is 1. The number of rotatable bonds is 6. The summed E-state index contributed by atoms with van der Waals surface area (Å²) in [6, 6.07) is 13.7. The third-order valence-electron chi connectivity index (χ3n) is 5.47. The van der Waals surface area contributed by atoms with E-state index in [1.165, 1.54) is 37.3 Å². The third kappa shape index (κ3) is 5.26. The van der Waals surface area contributed by atoms with Crippen LogP contribution in [-0.4, -0.2) is 27.9 Å². The van der Waals surface area contributed by atoms with E-state index in [1.807, 2.05) is 5.32 Å². The van der Waals surface area contributed by atoms with Gasteiger partial charge in [0.2, 0.25) is 0 Å². The highest BCUT2D eigenvalue weighted by atomic mass is 19.4. The van der Waals surface area contributed by atoms with Crippen LogP contribution >= 0.6 is 0 Å². The van der Waals surface area contributed by atoms with Crippen molar-refractivity contribution in [2.75, 3.05) is 0 Å². The van der Waals surface area contributed by atoms with E-state index >= 15 is 0 Å². The van der Waals surface area contributed by atoms with Crippen molar-refractivity contribution in [2.45, 2.75) is 32.2 Å². The summed E-state index contributed by atoms with van der Waals surface area (Å²) in [5.41, 5.74) is 1.92. The van der Waals surface area contributed by atoms with Crippen LogP contribution in [0.3, 0.4) is 0 Å². The van der Waals surface area contributed by atoms with Crippen LogP contribution in [0.4, 0.5) is 22.0 Å². The maximum atomic E-state index is 14.2. The fraction of sp³-hybridized carbons (Fsp3) is 0.200. The highest BCUT2D eigenvalue weighted by Crippen LogP contribution is 2.30. The molecule has 1 aromatic heterocycles. The molecule has 1 amide bonds. The molecule has 0 aliphatic carbocycles. The fourth-order valence-corrected chi connectivity index (χ4v) is 3.63. The molecule has 35 heavy (non-hydrogen) atoms. The molecule has 0 aliphatic rings. The van der Waals surface area contributed by atoms with Crippen molar-refractivity contribution in [3.05, 3.63) is 89.6 Å². The molecule has 1 N–H and O–H groups in total. The smallest absolute Gasteiger partial charge is 0.471 e. The van der Waals surface area contributed by atoms with Crippen LogP contribution in [0.1, 0.15) is 24.2 Å². The predicted octanol–water partition coefficient (Wildman–Crippen LogP) is 5.80. The molecule has 0 saturated carbocycles. The lowest BCUT2D eigenvalue weighted by atomic mass is 10.0. The Morgan fingerprint density at radius 1 is 1.03 bits per heavy atom. The number of ether oxygens (including phenoxy) is 1. The van der Waals surface area contributed by atoms with Crippen molar-refractivity contribution < 1.29 is 31.5 Å². The third-order valence-corrected chi connectivity index (χ3v) is 5.47. The zero-order valence-electron chi connectivity index (χ0n) is 18.6. The topological polar surface area (TPSA) is 56.1 Å². The number of alkyl halides is 3. The lowest BCUT2D eigenvalue weighted by Gasteiger charge is -2.27. The number of benzene rings is 3. The largest absolute Gasteiger partial charge is 0.484 e. The number of aromatic nitrogens is 2. The SMILES string of the molecule is Cc1ccc(C(Oc2ccc3c(cnn3-c3ccc(F)cc3)c2)C(C)NC(=O)C(F)(F)F)cc1F. The van der Waals surface area contributed by atoms with E-state index in [0.717, 1.165) is 0 Å². The molecule has 4 rings (SSSR count). The first-order valence-corrected chi connectivity index (χ1v) is 10.6. The highest BCUT2D eigenvalue weighted by molar-refractivity contribution is 5.82. The Labute approximate surface area is 197 Å². The number of halogens is 5. The minimum Gasteiger partial charge on any atom is -0.484 e. The number of nitrogens with one attached hydrogen (secondary N) is 1. The molecule has 5 nitrogen and oxygen atoms in total. The van der Waals surface area contributed by atoms with Gasteiger partial charge in [-0.2, -0.15) is 18.3 Å². The van der Waals surface area contributed by atoms with Gasteiger partial charge in [-0.3, -0.25) is 4.79 Å². The van der Waals surface area contributed by atoms with Gasteiger partial charge >= 0.3 is 12.1 Å². The van der Waals surface area contributed by atoms with Gasteiger partial charge in [-0.1, -0.05) is 12.1 Å². The van der Waals surface area contributed by atoms with E-state index in [1.54, 1.807) is 48.1 Å². The molecule has 0 bridgehead atoms. The number of nitrogens with zero attached hydrogens (tertiary/aromatic N) is 2. The Hall–Kier alpha value is -3.95. The molecular weight excluding hydrogens is 469 g/mol. The Morgan fingerprint density at radius 2 is 1.74 bits per heavy atom. The average molecular weight is 489 g/mol. The number of carbonyl (C=O) groups excluding carboxylic acids is 1. The maximum Gasteiger partial charge on any atom is 0.471 e. The summed E-state index contributed by atoms with van der Waals surface area (Å²) in [6.45, 7) is 2.90. The minimum atomic E-state index is -5.08. The highest BCUT2D eigenvalue weighted by Gasteiger charge is 2.40. The number of fused-ring (bicyclic) bond motifs is 1. The monoisotopic (exact) mass is 489 g/mol. The Morgan fingerprint density at radius 3 is 2.40 bits per heavy atom. The summed E-state index contributed by atoms with van der Waals surface area (Å²) in [5.74, 6) is -2.79. The lowest BCUT2D eigenvalue weighted by molar-refractivity contribution is -0.174. The zero-order chi connectivity index (χ0) is 25.3. The second-order valence-corrected chi connectivity index (χ2v) is 8.06. The van der Waals surface area contributed by atoms with Crippen LogP contribution < -0.4 is 10.1 Å². The summed E-state index contributed by atoms with van der Waals surface area (Å²) in [4.78, 5) is 11.5. The van der Waals surface area contributed by atoms with Gasteiger partial charge < -0.3 is 10.1 Å². The van der Waals surface area contributed by atoms with Crippen LogP contribution in [0.25, 0.3) is 16.6 Å². The first kappa shape index (κ1) is 24.2. The molecule has 10 heteroatoms. The van der Waals surface area contributed by atoms with Gasteiger partial charge in [-0.05, 0) is 73.5 Å². The molecule has 4 aromatic rings. The molecule has 3 aromatic carbocycles. The van der Waals surface area contributed by atoms with Crippen LogP contribution in [0.2, 0.25) is 0 Å². The number of hydrogen-bond donors (Lipinski definition) is 1.